The van der Waals surface area contributed by atoms with Crippen molar-refractivity contribution in [2.45, 2.75) is 34.1 Å². The minimum atomic E-state index is -0.234. The standard InChI is InChI=1S/C21H25BrN2O3/c1-13(2)9-10-27-20-8-6-16(11-18(20)22)21(26)24-17-7-5-14(3)19(12-17)23-15(4)25/h5-8,11-13H,9-10H2,1-4H3,(H,23,25)(H,24,26). The maximum absolute atomic E-state index is 12.5. The summed E-state index contributed by atoms with van der Waals surface area (Å²) >= 11 is 3.46. The van der Waals surface area contributed by atoms with Crippen molar-refractivity contribution in [2.75, 3.05) is 17.2 Å². The molecule has 0 radical (unpaired) electrons. The number of rotatable bonds is 7. The number of halogens is 1. The van der Waals surface area contributed by atoms with Gasteiger partial charge in [-0.15, -0.1) is 0 Å². The van der Waals surface area contributed by atoms with Gasteiger partial charge in [-0.2, -0.15) is 0 Å². The van der Waals surface area contributed by atoms with Crippen molar-refractivity contribution in [3.8, 4) is 5.75 Å². The molecular weight excluding hydrogens is 408 g/mol. The molecule has 0 aliphatic heterocycles. The van der Waals surface area contributed by atoms with Crippen LogP contribution in [0.2, 0.25) is 0 Å². The van der Waals surface area contributed by atoms with E-state index in [4.69, 9.17) is 4.74 Å². The quantitative estimate of drug-likeness (QED) is 0.615. The highest BCUT2D eigenvalue weighted by Gasteiger charge is 2.11. The summed E-state index contributed by atoms with van der Waals surface area (Å²) in [6.45, 7) is 8.28. The van der Waals surface area contributed by atoms with E-state index in [9.17, 15) is 9.59 Å². The van der Waals surface area contributed by atoms with Crippen LogP contribution in [0.25, 0.3) is 0 Å². The molecule has 0 unspecified atom stereocenters. The third-order valence-electron chi connectivity index (χ3n) is 3.95. The van der Waals surface area contributed by atoms with Gasteiger partial charge in [0.15, 0.2) is 0 Å². The first-order valence-electron chi connectivity index (χ1n) is 8.88. The molecule has 0 aliphatic rings. The first kappa shape index (κ1) is 21.0. The number of nitrogens with one attached hydrogen (secondary N) is 2. The fourth-order valence-corrected chi connectivity index (χ4v) is 2.88. The highest BCUT2D eigenvalue weighted by Crippen LogP contribution is 2.27. The van der Waals surface area contributed by atoms with Gasteiger partial charge in [0.05, 0.1) is 11.1 Å². The van der Waals surface area contributed by atoms with Crippen molar-refractivity contribution in [3.05, 3.63) is 52.0 Å². The molecular formula is C21H25BrN2O3. The highest BCUT2D eigenvalue weighted by molar-refractivity contribution is 9.10. The second-order valence-corrected chi connectivity index (χ2v) is 7.70. The molecule has 2 rings (SSSR count). The van der Waals surface area contributed by atoms with Gasteiger partial charge in [-0.25, -0.2) is 0 Å². The van der Waals surface area contributed by atoms with E-state index in [1.165, 1.54) is 6.92 Å². The molecule has 0 bridgehead atoms. The molecule has 6 heteroatoms. The summed E-state index contributed by atoms with van der Waals surface area (Å²) in [6.07, 6.45) is 0.971. The predicted octanol–water partition coefficient (Wildman–Crippen LogP) is 5.39. The maximum Gasteiger partial charge on any atom is 0.255 e. The Bertz CT molecular complexity index is 834. The van der Waals surface area contributed by atoms with E-state index >= 15 is 0 Å². The average molecular weight is 433 g/mol. The number of anilines is 2. The first-order valence-corrected chi connectivity index (χ1v) is 9.67. The van der Waals surface area contributed by atoms with E-state index in [2.05, 4.69) is 40.4 Å². The van der Waals surface area contributed by atoms with Gasteiger partial charge in [0.2, 0.25) is 5.91 Å². The van der Waals surface area contributed by atoms with Crippen molar-refractivity contribution in [3.63, 3.8) is 0 Å². The summed E-state index contributed by atoms with van der Waals surface area (Å²) in [7, 11) is 0. The Labute approximate surface area is 168 Å². The number of carbonyl (C=O) groups excluding carboxylic acids is 2. The lowest BCUT2D eigenvalue weighted by atomic mass is 10.1. The number of benzene rings is 2. The molecule has 2 aromatic rings. The topological polar surface area (TPSA) is 67.4 Å². The van der Waals surface area contributed by atoms with Crippen molar-refractivity contribution in [1.82, 2.24) is 0 Å². The first-order chi connectivity index (χ1) is 12.8. The Hall–Kier alpha value is -2.34. The van der Waals surface area contributed by atoms with Gasteiger partial charge in [0.25, 0.3) is 5.91 Å². The largest absolute Gasteiger partial charge is 0.492 e. The Morgan fingerprint density at radius 1 is 1.11 bits per heavy atom. The van der Waals surface area contributed by atoms with E-state index in [-0.39, 0.29) is 11.8 Å². The van der Waals surface area contributed by atoms with E-state index in [1.54, 1.807) is 30.3 Å². The molecule has 2 amide bonds. The molecule has 0 aliphatic carbocycles. The Morgan fingerprint density at radius 3 is 2.48 bits per heavy atom. The van der Waals surface area contributed by atoms with Crippen LogP contribution >= 0.6 is 15.9 Å². The van der Waals surface area contributed by atoms with E-state index in [1.807, 2.05) is 13.0 Å². The van der Waals surface area contributed by atoms with Crippen molar-refractivity contribution < 1.29 is 14.3 Å². The number of aryl methyl sites for hydroxylation is 1. The molecule has 0 aromatic heterocycles. The molecule has 0 fully saturated rings. The zero-order valence-corrected chi connectivity index (χ0v) is 17.6. The average Bonchev–Trinajstić information content (AvgIpc) is 2.58. The van der Waals surface area contributed by atoms with Crippen molar-refractivity contribution in [2.24, 2.45) is 5.92 Å². The Morgan fingerprint density at radius 2 is 1.85 bits per heavy atom. The monoisotopic (exact) mass is 432 g/mol. The van der Waals surface area contributed by atoms with Crippen LogP contribution in [0.5, 0.6) is 5.75 Å². The Balaban J connectivity index is 2.07. The van der Waals surface area contributed by atoms with Crippen molar-refractivity contribution >= 4 is 39.1 Å². The molecule has 0 atom stereocenters. The SMILES string of the molecule is CC(=O)Nc1cc(NC(=O)c2ccc(OCCC(C)C)c(Br)c2)ccc1C. The van der Waals surface area contributed by atoms with Crippen LogP contribution in [0.15, 0.2) is 40.9 Å². The summed E-state index contributed by atoms with van der Waals surface area (Å²) in [5.41, 5.74) is 2.73. The van der Waals surface area contributed by atoms with Gasteiger partial charge < -0.3 is 15.4 Å². The van der Waals surface area contributed by atoms with E-state index in [0.717, 1.165) is 22.2 Å². The zero-order chi connectivity index (χ0) is 20.0. The molecule has 2 aromatic carbocycles. The minimum Gasteiger partial charge on any atom is -0.492 e. The number of hydrogen-bond acceptors (Lipinski definition) is 3. The lowest BCUT2D eigenvalue weighted by Gasteiger charge is -2.12. The third kappa shape index (κ3) is 6.40. The summed E-state index contributed by atoms with van der Waals surface area (Å²) in [5.74, 6) is 0.904. The lowest BCUT2D eigenvalue weighted by Crippen LogP contribution is -2.13. The highest BCUT2D eigenvalue weighted by atomic mass is 79.9. The smallest absolute Gasteiger partial charge is 0.255 e. The molecule has 0 saturated heterocycles. The summed E-state index contributed by atoms with van der Waals surface area (Å²) < 4.78 is 6.49. The van der Waals surface area contributed by atoms with Gasteiger partial charge in [-0.3, -0.25) is 9.59 Å². The van der Waals surface area contributed by atoms with Crippen LogP contribution in [-0.4, -0.2) is 18.4 Å². The molecule has 5 nitrogen and oxygen atoms in total. The van der Waals surface area contributed by atoms with Gasteiger partial charge in [0, 0.05) is 23.9 Å². The number of hydrogen-bond donors (Lipinski definition) is 2. The fourth-order valence-electron chi connectivity index (χ4n) is 2.39. The van der Waals surface area contributed by atoms with Gasteiger partial charge in [0.1, 0.15) is 5.75 Å². The summed E-state index contributed by atoms with van der Waals surface area (Å²) in [5, 5.41) is 5.61. The molecule has 2 N–H and O–H groups in total. The van der Waals surface area contributed by atoms with Gasteiger partial charge in [-0.05, 0) is 71.1 Å². The second-order valence-electron chi connectivity index (χ2n) is 6.84. The maximum atomic E-state index is 12.5. The zero-order valence-electron chi connectivity index (χ0n) is 16.1. The van der Waals surface area contributed by atoms with Crippen LogP contribution in [0.3, 0.4) is 0 Å². The third-order valence-corrected chi connectivity index (χ3v) is 4.57. The van der Waals surface area contributed by atoms with Crippen LogP contribution in [0, 0.1) is 12.8 Å². The van der Waals surface area contributed by atoms with Gasteiger partial charge >= 0.3 is 0 Å². The Kier molecular flexibility index (Phi) is 7.42. The minimum absolute atomic E-state index is 0.154. The fraction of sp³-hybridized carbons (Fsp3) is 0.333. The molecule has 0 spiro atoms. The van der Waals surface area contributed by atoms with Crippen LogP contribution in [0.1, 0.15) is 43.1 Å². The summed E-state index contributed by atoms with van der Waals surface area (Å²) in [6, 6.07) is 10.7. The van der Waals surface area contributed by atoms with Crippen LogP contribution in [-0.2, 0) is 4.79 Å². The van der Waals surface area contributed by atoms with E-state index in [0.29, 0.717) is 29.5 Å². The lowest BCUT2D eigenvalue weighted by molar-refractivity contribution is -0.114. The molecule has 27 heavy (non-hydrogen) atoms. The second kappa shape index (κ2) is 9.55. The van der Waals surface area contributed by atoms with Crippen LogP contribution in [0.4, 0.5) is 11.4 Å². The predicted molar refractivity (Wildman–Crippen MR) is 113 cm³/mol. The van der Waals surface area contributed by atoms with Crippen LogP contribution < -0.4 is 15.4 Å². The molecule has 0 saturated carbocycles. The number of amides is 2. The van der Waals surface area contributed by atoms with E-state index < -0.39 is 0 Å². The molecule has 144 valence electrons. The van der Waals surface area contributed by atoms with Crippen molar-refractivity contribution in [1.29, 1.82) is 0 Å². The van der Waals surface area contributed by atoms with Gasteiger partial charge in [-0.1, -0.05) is 19.9 Å². The summed E-state index contributed by atoms with van der Waals surface area (Å²) in [4.78, 5) is 23.8. The normalized spacial score (nSPS) is 10.6. The molecule has 0 heterocycles. The number of carbonyl (C=O) groups is 2. The number of ether oxygens (including phenoxy) is 1.